The molecular weight excluding hydrogens is 326 g/mol. The number of carbonyl (C=O) groups is 1. The predicted molar refractivity (Wildman–Crippen MR) is 99.2 cm³/mol. The van der Waals surface area contributed by atoms with Crippen LogP contribution in [0.4, 0.5) is 0 Å². The van der Waals surface area contributed by atoms with E-state index in [9.17, 15) is 4.79 Å². The van der Waals surface area contributed by atoms with Gasteiger partial charge >= 0.3 is 0 Å². The van der Waals surface area contributed by atoms with Gasteiger partial charge < -0.3 is 13.9 Å². The summed E-state index contributed by atoms with van der Waals surface area (Å²) >= 11 is 0. The summed E-state index contributed by atoms with van der Waals surface area (Å²) in [5, 5.41) is 0. The van der Waals surface area contributed by atoms with Crippen molar-refractivity contribution in [3.8, 4) is 0 Å². The lowest BCUT2D eigenvalue weighted by Crippen LogP contribution is -2.30. The van der Waals surface area contributed by atoms with Gasteiger partial charge in [-0.1, -0.05) is 30.3 Å². The number of aromatic nitrogens is 2. The van der Waals surface area contributed by atoms with Crippen molar-refractivity contribution in [1.29, 1.82) is 0 Å². The summed E-state index contributed by atoms with van der Waals surface area (Å²) in [5.41, 5.74) is 2.05. The van der Waals surface area contributed by atoms with Crippen molar-refractivity contribution in [3.05, 3.63) is 84.3 Å². The topological polar surface area (TPSA) is 51.3 Å². The van der Waals surface area contributed by atoms with Crippen molar-refractivity contribution < 1.29 is 9.21 Å². The van der Waals surface area contributed by atoms with E-state index in [2.05, 4.69) is 4.98 Å². The van der Waals surface area contributed by atoms with E-state index >= 15 is 0 Å². The van der Waals surface area contributed by atoms with E-state index in [0.717, 1.165) is 35.6 Å². The molecule has 0 saturated carbocycles. The van der Waals surface area contributed by atoms with Crippen LogP contribution in [0.3, 0.4) is 0 Å². The zero-order valence-corrected chi connectivity index (χ0v) is 14.7. The highest BCUT2D eigenvalue weighted by atomic mass is 16.3. The molecule has 26 heavy (non-hydrogen) atoms. The van der Waals surface area contributed by atoms with Crippen LogP contribution in [-0.4, -0.2) is 26.9 Å². The van der Waals surface area contributed by atoms with Gasteiger partial charge in [-0.15, -0.1) is 0 Å². The molecule has 0 fully saturated rings. The van der Waals surface area contributed by atoms with Gasteiger partial charge in [0, 0.05) is 31.6 Å². The first-order valence-electron chi connectivity index (χ1n) is 8.82. The highest BCUT2D eigenvalue weighted by molar-refractivity contribution is 6.02. The number of carbonyl (C=O) groups excluding carboxylic acids is 1. The molecule has 1 atom stereocenters. The second-order valence-electron chi connectivity index (χ2n) is 6.50. The number of amides is 1. The quantitative estimate of drug-likeness (QED) is 0.681. The largest absolute Gasteiger partial charge is 0.464 e. The molecule has 1 aromatic carbocycles. The summed E-state index contributed by atoms with van der Waals surface area (Å²) in [4.78, 5) is 18.7. The Hall–Kier alpha value is -3.08. The first-order chi connectivity index (χ1) is 12.7. The highest BCUT2D eigenvalue weighted by Gasteiger charge is 2.36. The van der Waals surface area contributed by atoms with Gasteiger partial charge in [0.15, 0.2) is 0 Å². The minimum Gasteiger partial charge on any atom is -0.464 e. The van der Waals surface area contributed by atoms with Crippen LogP contribution in [0, 0.1) is 6.92 Å². The molecule has 5 heteroatoms. The molecule has 3 aromatic rings. The summed E-state index contributed by atoms with van der Waals surface area (Å²) in [6, 6.07) is 13.8. The highest BCUT2D eigenvalue weighted by Crippen LogP contribution is 2.40. The van der Waals surface area contributed by atoms with Gasteiger partial charge in [-0.25, -0.2) is 4.98 Å². The van der Waals surface area contributed by atoms with Gasteiger partial charge in [0.05, 0.1) is 6.33 Å². The summed E-state index contributed by atoms with van der Waals surface area (Å²) in [5.74, 6) is 1.70. The lowest BCUT2D eigenvalue weighted by Gasteiger charge is -2.26. The van der Waals surface area contributed by atoms with Gasteiger partial charge in [-0.05, 0) is 36.6 Å². The Balaban J connectivity index is 1.59. The van der Waals surface area contributed by atoms with Crippen LogP contribution in [0.25, 0.3) is 5.57 Å². The van der Waals surface area contributed by atoms with Crippen molar-refractivity contribution in [2.75, 3.05) is 6.54 Å². The van der Waals surface area contributed by atoms with Gasteiger partial charge in [-0.3, -0.25) is 4.79 Å². The molecule has 1 amide bonds. The van der Waals surface area contributed by atoms with E-state index in [0.29, 0.717) is 6.54 Å². The molecular formula is C21H21N3O2. The summed E-state index contributed by atoms with van der Waals surface area (Å²) in [7, 11) is 0. The van der Waals surface area contributed by atoms with Crippen molar-refractivity contribution in [2.45, 2.75) is 25.9 Å². The zero-order valence-electron chi connectivity index (χ0n) is 14.7. The third-order valence-electron chi connectivity index (χ3n) is 4.68. The number of imidazole rings is 1. The average Bonchev–Trinajstić information content (AvgIpc) is 3.37. The number of hydrogen-bond acceptors (Lipinski definition) is 3. The number of nitrogens with zero attached hydrogens (tertiary/aromatic N) is 3. The number of aryl methyl sites for hydroxylation is 2. The van der Waals surface area contributed by atoms with Crippen molar-refractivity contribution in [1.82, 2.24) is 14.5 Å². The van der Waals surface area contributed by atoms with Crippen molar-refractivity contribution in [2.24, 2.45) is 0 Å². The maximum Gasteiger partial charge on any atom is 0.247 e. The molecule has 0 spiro atoms. The molecule has 0 aliphatic carbocycles. The number of furan rings is 1. The fourth-order valence-corrected chi connectivity index (χ4v) is 3.45. The smallest absolute Gasteiger partial charge is 0.247 e. The third kappa shape index (κ3) is 3.20. The molecule has 3 heterocycles. The van der Waals surface area contributed by atoms with Gasteiger partial charge in [0.1, 0.15) is 17.6 Å². The third-order valence-corrected chi connectivity index (χ3v) is 4.68. The van der Waals surface area contributed by atoms with E-state index in [-0.39, 0.29) is 11.9 Å². The standard InChI is InChI=1S/C21H21N3O2/c1-16-8-9-19(26-16)21-18(17-6-3-2-4-7-17)14-20(25)24(21)12-5-11-23-13-10-22-15-23/h2-4,6-10,13-15,21H,5,11-12H2,1H3. The summed E-state index contributed by atoms with van der Waals surface area (Å²) < 4.78 is 7.93. The van der Waals surface area contributed by atoms with Crippen LogP contribution in [0.5, 0.6) is 0 Å². The number of hydrogen-bond donors (Lipinski definition) is 0. The van der Waals surface area contributed by atoms with Gasteiger partial charge in [-0.2, -0.15) is 0 Å². The minimum absolute atomic E-state index is 0.0357. The first kappa shape index (κ1) is 16.4. The van der Waals surface area contributed by atoms with Crippen LogP contribution in [-0.2, 0) is 11.3 Å². The monoisotopic (exact) mass is 347 g/mol. The molecule has 0 N–H and O–H groups in total. The Labute approximate surface area is 152 Å². The molecule has 2 aromatic heterocycles. The average molecular weight is 347 g/mol. The lowest BCUT2D eigenvalue weighted by molar-refractivity contribution is -0.126. The SMILES string of the molecule is Cc1ccc(C2C(c3ccccc3)=CC(=O)N2CCCn2ccnc2)o1. The first-order valence-corrected chi connectivity index (χ1v) is 8.82. The van der Waals surface area contributed by atoms with Crippen LogP contribution in [0.1, 0.15) is 29.5 Å². The molecule has 0 bridgehead atoms. The normalized spacial score (nSPS) is 17.0. The predicted octanol–water partition coefficient (Wildman–Crippen LogP) is 3.84. The second kappa shape index (κ2) is 7.04. The number of rotatable bonds is 6. The van der Waals surface area contributed by atoms with E-state index in [1.165, 1.54) is 0 Å². The van der Waals surface area contributed by atoms with Crippen LogP contribution in [0.15, 0.2) is 71.7 Å². The maximum absolute atomic E-state index is 12.7. The van der Waals surface area contributed by atoms with E-state index in [1.807, 2.05) is 65.1 Å². The molecule has 1 unspecified atom stereocenters. The Morgan fingerprint density at radius 3 is 2.65 bits per heavy atom. The lowest BCUT2D eigenvalue weighted by atomic mass is 9.98. The Morgan fingerprint density at radius 2 is 1.96 bits per heavy atom. The van der Waals surface area contributed by atoms with E-state index < -0.39 is 0 Å². The number of benzene rings is 1. The molecule has 132 valence electrons. The van der Waals surface area contributed by atoms with Crippen LogP contribution >= 0.6 is 0 Å². The van der Waals surface area contributed by atoms with Crippen LogP contribution in [0.2, 0.25) is 0 Å². The van der Waals surface area contributed by atoms with Gasteiger partial charge in [0.2, 0.25) is 5.91 Å². The second-order valence-corrected chi connectivity index (χ2v) is 6.50. The molecule has 1 aliphatic rings. The fourth-order valence-electron chi connectivity index (χ4n) is 3.45. The minimum atomic E-state index is -0.179. The maximum atomic E-state index is 12.7. The zero-order chi connectivity index (χ0) is 17.9. The summed E-state index contributed by atoms with van der Waals surface area (Å²) in [6.45, 7) is 3.41. The van der Waals surface area contributed by atoms with E-state index in [4.69, 9.17) is 4.42 Å². The fraction of sp³-hybridized carbons (Fsp3) is 0.238. The van der Waals surface area contributed by atoms with Gasteiger partial charge in [0.25, 0.3) is 0 Å². The van der Waals surface area contributed by atoms with Crippen molar-refractivity contribution >= 4 is 11.5 Å². The van der Waals surface area contributed by atoms with Crippen LogP contribution < -0.4 is 0 Å². The molecule has 0 radical (unpaired) electrons. The Kier molecular flexibility index (Phi) is 4.44. The summed E-state index contributed by atoms with van der Waals surface area (Å²) in [6.07, 6.45) is 8.10. The molecule has 5 nitrogen and oxygen atoms in total. The van der Waals surface area contributed by atoms with Crippen molar-refractivity contribution in [3.63, 3.8) is 0 Å². The molecule has 0 saturated heterocycles. The molecule has 1 aliphatic heterocycles. The Morgan fingerprint density at radius 1 is 1.12 bits per heavy atom. The molecule has 4 rings (SSSR count). The Bertz CT molecular complexity index is 910. The van der Waals surface area contributed by atoms with E-state index in [1.54, 1.807) is 18.6 Å².